The van der Waals surface area contributed by atoms with E-state index in [1.165, 1.54) is 57.8 Å². The van der Waals surface area contributed by atoms with E-state index in [1.807, 2.05) is 6.92 Å². The van der Waals surface area contributed by atoms with Gasteiger partial charge in [0.25, 0.3) is 0 Å². The van der Waals surface area contributed by atoms with E-state index in [0.717, 1.165) is 0 Å². The second-order valence-electron chi connectivity index (χ2n) is 13.3. The molecule has 0 amide bonds. The highest BCUT2D eigenvalue weighted by molar-refractivity contribution is 4.74. The molecule has 0 aromatic rings. The normalized spacial score (nSPS) is 12.0. The van der Waals surface area contributed by atoms with Gasteiger partial charge in [0.15, 0.2) is 0 Å². The van der Waals surface area contributed by atoms with Gasteiger partial charge in [-0.2, -0.15) is 0 Å². The molecule has 0 saturated heterocycles. The topological polar surface area (TPSA) is 60.7 Å². The van der Waals surface area contributed by atoms with Gasteiger partial charge in [-0.25, -0.2) is 0 Å². The molecule has 3 nitrogen and oxygen atoms in total. The zero-order valence-electron chi connectivity index (χ0n) is 25.5. The van der Waals surface area contributed by atoms with Gasteiger partial charge in [0.1, 0.15) is 0 Å². The first-order valence-corrected chi connectivity index (χ1v) is 13.8. The summed E-state index contributed by atoms with van der Waals surface area (Å²) in [5.41, 5.74) is 0.988. The number of unbranched alkanes of at least 4 members (excludes halogenated alkanes) is 3. The van der Waals surface area contributed by atoms with Crippen LogP contribution < -0.4 is 0 Å². The Morgan fingerprint density at radius 2 is 0.636 bits per heavy atom. The molecule has 0 bridgehead atoms. The first-order valence-electron chi connectivity index (χ1n) is 13.8. The minimum Gasteiger partial charge on any atom is -0.396 e. The Balaban J connectivity index is -0.000000170. The van der Waals surface area contributed by atoms with Crippen molar-refractivity contribution in [2.24, 2.45) is 21.7 Å². The smallest absolute Gasteiger partial charge is 0.0531 e. The molecular weight excluding hydrogens is 408 g/mol. The number of aliphatic hydroxyl groups excluding tert-OH is 3. The second-order valence-corrected chi connectivity index (χ2v) is 13.3. The molecule has 0 radical (unpaired) electrons. The van der Waals surface area contributed by atoms with E-state index < -0.39 is 5.41 Å². The Bertz CT molecular complexity index is 305. The van der Waals surface area contributed by atoms with Crippen LogP contribution in [0.2, 0.25) is 0 Å². The summed E-state index contributed by atoms with van der Waals surface area (Å²) in [6.07, 6.45) is 12.8. The van der Waals surface area contributed by atoms with Gasteiger partial charge < -0.3 is 15.3 Å². The second kappa shape index (κ2) is 22.4. The number of rotatable bonds is 10. The van der Waals surface area contributed by atoms with Crippen LogP contribution in [0.3, 0.4) is 0 Å². The summed E-state index contributed by atoms with van der Waals surface area (Å²) >= 11 is 0. The molecule has 0 aliphatic carbocycles. The van der Waals surface area contributed by atoms with Crippen LogP contribution in [0.5, 0.6) is 0 Å². The van der Waals surface area contributed by atoms with Crippen molar-refractivity contribution in [2.45, 2.75) is 154 Å². The van der Waals surface area contributed by atoms with Crippen LogP contribution in [0.25, 0.3) is 0 Å². The highest BCUT2D eigenvalue weighted by Crippen LogP contribution is 2.22. The molecule has 33 heavy (non-hydrogen) atoms. The third-order valence-electron chi connectivity index (χ3n) is 5.60. The number of hydrogen-bond acceptors (Lipinski definition) is 3. The van der Waals surface area contributed by atoms with Crippen molar-refractivity contribution < 1.29 is 15.3 Å². The van der Waals surface area contributed by atoms with Crippen LogP contribution in [0.1, 0.15) is 154 Å². The lowest BCUT2D eigenvalue weighted by atomic mass is 9.88. The quantitative estimate of drug-likeness (QED) is 0.295. The van der Waals surface area contributed by atoms with Crippen molar-refractivity contribution >= 4 is 0 Å². The fourth-order valence-electron chi connectivity index (χ4n) is 2.61. The maximum absolute atomic E-state index is 8.66. The van der Waals surface area contributed by atoms with Crippen molar-refractivity contribution in [3.63, 3.8) is 0 Å². The van der Waals surface area contributed by atoms with Crippen LogP contribution in [0, 0.1) is 21.7 Å². The average molecular weight is 477 g/mol. The summed E-state index contributed by atoms with van der Waals surface area (Å²) in [5.74, 6) is 0. The molecule has 0 fully saturated rings. The van der Waals surface area contributed by atoms with Crippen molar-refractivity contribution in [1.82, 2.24) is 0 Å². The summed E-state index contributed by atoms with van der Waals surface area (Å²) in [6.45, 7) is 28.7. The Labute approximate surface area is 211 Å². The van der Waals surface area contributed by atoms with Crippen LogP contribution in [-0.2, 0) is 0 Å². The van der Waals surface area contributed by atoms with Crippen LogP contribution in [0.4, 0.5) is 0 Å². The molecule has 206 valence electrons. The minimum atomic E-state index is -0.667. The standard InChI is InChI=1S/3C8H18.C6H14O3/c3*1-5-6-7-8(2,3)4;1-2-6(3-7,4-8)5-9/h3*5-7H2,1-4H3;7-9H,2-5H2,1H3. The molecule has 0 spiro atoms. The fraction of sp³-hybridized carbons (Fsp3) is 1.00. The molecule has 3 heteroatoms. The van der Waals surface area contributed by atoms with Crippen molar-refractivity contribution in [3.05, 3.63) is 0 Å². The number of hydrogen-bond donors (Lipinski definition) is 3. The fourth-order valence-corrected chi connectivity index (χ4v) is 2.61. The molecular formula is C30H68O3. The van der Waals surface area contributed by atoms with Gasteiger partial charge in [0.05, 0.1) is 19.8 Å². The first-order chi connectivity index (χ1) is 14.9. The Kier molecular flexibility index (Phi) is 27.1. The minimum absolute atomic E-state index is 0.156. The molecule has 0 aromatic heterocycles. The van der Waals surface area contributed by atoms with E-state index in [1.54, 1.807) is 0 Å². The monoisotopic (exact) mass is 477 g/mol. The van der Waals surface area contributed by atoms with E-state index in [2.05, 4.69) is 83.1 Å². The average Bonchev–Trinajstić information content (AvgIpc) is 2.71. The lowest BCUT2D eigenvalue weighted by molar-refractivity contribution is 0.00304. The molecule has 0 unspecified atom stereocenters. The van der Waals surface area contributed by atoms with E-state index in [-0.39, 0.29) is 19.8 Å². The van der Waals surface area contributed by atoms with Crippen molar-refractivity contribution in [2.75, 3.05) is 19.8 Å². The third kappa shape index (κ3) is 39.4. The van der Waals surface area contributed by atoms with Gasteiger partial charge in [-0.1, -0.05) is 129 Å². The summed E-state index contributed by atoms with van der Waals surface area (Å²) in [4.78, 5) is 0. The van der Waals surface area contributed by atoms with Gasteiger partial charge in [0.2, 0.25) is 0 Å². The molecule has 0 saturated carbocycles. The van der Waals surface area contributed by atoms with Crippen LogP contribution in [0.15, 0.2) is 0 Å². The van der Waals surface area contributed by atoms with Crippen LogP contribution in [-0.4, -0.2) is 35.1 Å². The number of aliphatic hydroxyl groups is 3. The zero-order valence-corrected chi connectivity index (χ0v) is 25.5. The predicted molar refractivity (Wildman–Crippen MR) is 151 cm³/mol. The van der Waals surface area contributed by atoms with E-state index >= 15 is 0 Å². The SMILES string of the molecule is CCC(CO)(CO)CO.CCCCC(C)(C)C.CCCCC(C)(C)C.CCCCC(C)(C)C. The molecule has 0 heterocycles. The summed E-state index contributed by atoms with van der Waals surface area (Å²) in [6, 6.07) is 0. The van der Waals surface area contributed by atoms with Gasteiger partial charge in [-0.3, -0.25) is 0 Å². The van der Waals surface area contributed by atoms with Crippen molar-refractivity contribution in [3.8, 4) is 0 Å². The van der Waals surface area contributed by atoms with Crippen molar-refractivity contribution in [1.29, 1.82) is 0 Å². The first kappa shape index (κ1) is 40.1. The third-order valence-corrected chi connectivity index (χ3v) is 5.60. The van der Waals surface area contributed by atoms with Gasteiger partial charge >= 0.3 is 0 Å². The highest BCUT2D eigenvalue weighted by atomic mass is 16.3. The lowest BCUT2D eigenvalue weighted by Crippen LogP contribution is -2.32. The zero-order chi connectivity index (χ0) is 27.2. The summed E-state index contributed by atoms with van der Waals surface area (Å²) < 4.78 is 0. The molecule has 0 aliphatic rings. The molecule has 0 aromatic carbocycles. The lowest BCUT2D eigenvalue weighted by Gasteiger charge is -2.24. The summed E-state index contributed by atoms with van der Waals surface area (Å²) in [5, 5.41) is 26.0. The maximum atomic E-state index is 8.66. The summed E-state index contributed by atoms with van der Waals surface area (Å²) in [7, 11) is 0. The largest absolute Gasteiger partial charge is 0.396 e. The Hall–Kier alpha value is -0.120. The Morgan fingerprint density at radius 1 is 0.424 bits per heavy atom. The van der Waals surface area contributed by atoms with Gasteiger partial charge in [0, 0.05) is 5.41 Å². The Morgan fingerprint density at radius 3 is 0.667 bits per heavy atom. The molecule has 0 rings (SSSR count). The predicted octanol–water partition coefficient (Wildman–Crippen LogP) is 9.03. The molecule has 0 atom stereocenters. The molecule has 0 aliphatic heterocycles. The molecule has 3 N–H and O–H groups in total. The van der Waals surface area contributed by atoms with E-state index in [4.69, 9.17) is 15.3 Å². The van der Waals surface area contributed by atoms with Gasteiger partial charge in [-0.15, -0.1) is 0 Å². The highest BCUT2D eigenvalue weighted by Gasteiger charge is 2.24. The van der Waals surface area contributed by atoms with E-state index in [9.17, 15) is 0 Å². The van der Waals surface area contributed by atoms with Crippen LogP contribution >= 0.6 is 0 Å². The van der Waals surface area contributed by atoms with Gasteiger partial charge in [-0.05, 0) is 41.9 Å². The maximum Gasteiger partial charge on any atom is 0.0531 e. The van der Waals surface area contributed by atoms with E-state index in [0.29, 0.717) is 22.7 Å².